The lowest BCUT2D eigenvalue weighted by atomic mass is 10.1. The Morgan fingerprint density at radius 2 is 1.42 bits per heavy atom. The van der Waals surface area contributed by atoms with Gasteiger partial charge in [0.15, 0.2) is 0 Å². The van der Waals surface area contributed by atoms with Crippen molar-refractivity contribution in [1.82, 2.24) is 4.90 Å². The van der Waals surface area contributed by atoms with Gasteiger partial charge in [-0.05, 0) is 38.8 Å². The van der Waals surface area contributed by atoms with E-state index in [1.54, 1.807) is 0 Å². The Kier molecular flexibility index (Phi) is 4.67. The van der Waals surface area contributed by atoms with Crippen molar-refractivity contribution in [3.63, 3.8) is 0 Å². The molecule has 0 bridgehead atoms. The van der Waals surface area contributed by atoms with Gasteiger partial charge in [0.05, 0.1) is 0 Å². The van der Waals surface area contributed by atoms with Gasteiger partial charge in [-0.2, -0.15) is 0 Å². The number of nitrogens with zero attached hydrogens (tertiary/aromatic N) is 1. The third-order valence-corrected chi connectivity index (χ3v) is 3.10. The fourth-order valence-corrected chi connectivity index (χ4v) is 2.27. The molecule has 0 unspecified atom stereocenters. The molecule has 1 aliphatic rings. The zero-order chi connectivity index (χ0) is 8.81. The van der Waals surface area contributed by atoms with Crippen molar-refractivity contribution in [1.29, 1.82) is 0 Å². The van der Waals surface area contributed by atoms with Crippen LogP contribution in [-0.4, -0.2) is 24.0 Å². The molecular formula is C11H23N. The van der Waals surface area contributed by atoms with Crippen LogP contribution in [0, 0.1) is 0 Å². The molecule has 1 fully saturated rings. The number of likely N-dealkylation sites (tertiary alicyclic amines) is 1. The van der Waals surface area contributed by atoms with E-state index in [1.165, 1.54) is 51.6 Å². The van der Waals surface area contributed by atoms with Crippen LogP contribution in [0.15, 0.2) is 0 Å². The van der Waals surface area contributed by atoms with E-state index in [0.717, 1.165) is 6.04 Å². The molecule has 1 heteroatoms. The van der Waals surface area contributed by atoms with Crippen LogP contribution in [0.1, 0.15) is 52.4 Å². The minimum absolute atomic E-state index is 0.864. The Morgan fingerprint density at radius 3 is 1.83 bits per heavy atom. The lowest BCUT2D eigenvalue weighted by Gasteiger charge is -2.28. The maximum absolute atomic E-state index is 2.70. The third-order valence-electron chi connectivity index (χ3n) is 3.10. The summed E-state index contributed by atoms with van der Waals surface area (Å²) in [5, 5.41) is 0. The standard InChI is InChI=1S/C11H23N/c1-3-11(4-2)12-9-7-5-6-8-10-12/h11H,3-10H2,1-2H3. The van der Waals surface area contributed by atoms with Crippen LogP contribution in [0.4, 0.5) is 0 Å². The van der Waals surface area contributed by atoms with Crippen LogP contribution in [0.5, 0.6) is 0 Å². The predicted molar refractivity (Wildman–Crippen MR) is 54.4 cm³/mol. The largest absolute Gasteiger partial charge is 0.300 e. The fourth-order valence-electron chi connectivity index (χ4n) is 2.27. The first-order chi connectivity index (χ1) is 5.88. The third kappa shape index (κ3) is 2.78. The first kappa shape index (κ1) is 10.0. The molecule has 0 atom stereocenters. The molecule has 1 saturated heterocycles. The Balaban J connectivity index is 2.35. The SMILES string of the molecule is CCC(CC)N1CCCCCC1. The van der Waals surface area contributed by atoms with E-state index >= 15 is 0 Å². The van der Waals surface area contributed by atoms with Crippen LogP contribution in [0.25, 0.3) is 0 Å². The molecule has 0 saturated carbocycles. The normalized spacial score (nSPS) is 21.2. The summed E-state index contributed by atoms with van der Waals surface area (Å²) in [6, 6.07) is 0.864. The second kappa shape index (κ2) is 5.58. The van der Waals surface area contributed by atoms with Crippen molar-refractivity contribution in [2.45, 2.75) is 58.4 Å². The van der Waals surface area contributed by atoms with Gasteiger partial charge in [-0.3, -0.25) is 0 Å². The van der Waals surface area contributed by atoms with Crippen LogP contribution in [0.3, 0.4) is 0 Å². The summed E-state index contributed by atoms with van der Waals surface area (Å²) in [4.78, 5) is 2.70. The number of hydrogen-bond acceptors (Lipinski definition) is 1. The van der Waals surface area contributed by atoms with Gasteiger partial charge in [-0.15, -0.1) is 0 Å². The van der Waals surface area contributed by atoms with Gasteiger partial charge in [0.25, 0.3) is 0 Å². The van der Waals surface area contributed by atoms with E-state index in [2.05, 4.69) is 18.7 Å². The highest BCUT2D eigenvalue weighted by Gasteiger charge is 2.15. The van der Waals surface area contributed by atoms with Crippen LogP contribution >= 0.6 is 0 Å². The Hall–Kier alpha value is -0.0400. The Bertz CT molecular complexity index is 99.6. The van der Waals surface area contributed by atoms with Crippen molar-refractivity contribution in [3.05, 3.63) is 0 Å². The molecule has 12 heavy (non-hydrogen) atoms. The summed E-state index contributed by atoms with van der Waals surface area (Å²) >= 11 is 0. The summed E-state index contributed by atoms with van der Waals surface area (Å²) in [6.07, 6.45) is 8.42. The van der Waals surface area contributed by atoms with Gasteiger partial charge in [0.1, 0.15) is 0 Å². The molecule has 0 spiro atoms. The molecule has 0 N–H and O–H groups in total. The lowest BCUT2D eigenvalue weighted by molar-refractivity contribution is 0.193. The van der Waals surface area contributed by atoms with Crippen molar-refractivity contribution in [3.8, 4) is 0 Å². The van der Waals surface area contributed by atoms with E-state index in [-0.39, 0.29) is 0 Å². The van der Waals surface area contributed by atoms with Crippen LogP contribution in [0.2, 0.25) is 0 Å². The average molecular weight is 169 g/mol. The molecule has 0 amide bonds. The summed E-state index contributed by atoms with van der Waals surface area (Å²) in [6.45, 7) is 7.34. The minimum atomic E-state index is 0.864. The van der Waals surface area contributed by atoms with Crippen molar-refractivity contribution < 1.29 is 0 Å². The zero-order valence-corrected chi connectivity index (χ0v) is 8.68. The number of rotatable bonds is 3. The second-order valence-electron chi connectivity index (χ2n) is 3.92. The van der Waals surface area contributed by atoms with E-state index in [1.807, 2.05) is 0 Å². The summed E-state index contributed by atoms with van der Waals surface area (Å²) in [5.41, 5.74) is 0. The van der Waals surface area contributed by atoms with Gasteiger partial charge in [0, 0.05) is 6.04 Å². The maximum Gasteiger partial charge on any atom is 0.00900 e. The molecule has 0 radical (unpaired) electrons. The molecule has 0 aromatic rings. The number of hydrogen-bond donors (Lipinski definition) is 0. The van der Waals surface area contributed by atoms with Gasteiger partial charge in [-0.25, -0.2) is 0 Å². The van der Waals surface area contributed by atoms with Gasteiger partial charge >= 0.3 is 0 Å². The Morgan fingerprint density at radius 1 is 0.917 bits per heavy atom. The van der Waals surface area contributed by atoms with Crippen LogP contribution in [-0.2, 0) is 0 Å². The average Bonchev–Trinajstić information content (AvgIpc) is 2.35. The molecule has 1 heterocycles. The van der Waals surface area contributed by atoms with E-state index in [9.17, 15) is 0 Å². The highest BCUT2D eigenvalue weighted by Crippen LogP contribution is 2.15. The fraction of sp³-hybridized carbons (Fsp3) is 1.00. The molecule has 1 rings (SSSR count). The van der Waals surface area contributed by atoms with E-state index < -0.39 is 0 Å². The first-order valence-electron chi connectivity index (χ1n) is 5.62. The highest BCUT2D eigenvalue weighted by molar-refractivity contribution is 4.71. The summed E-state index contributed by atoms with van der Waals surface area (Å²) in [5.74, 6) is 0. The predicted octanol–water partition coefficient (Wildman–Crippen LogP) is 3.05. The second-order valence-corrected chi connectivity index (χ2v) is 3.92. The molecule has 1 aliphatic heterocycles. The van der Waals surface area contributed by atoms with Gasteiger partial charge in [0.2, 0.25) is 0 Å². The monoisotopic (exact) mass is 169 g/mol. The minimum Gasteiger partial charge on any atom is -0.300 e. The van der Waals surface area contributed by atoms with Crippen molar-refractivity contribution in [2.24, 2.45) is 0 Å². The smallest absolute Gasteiger partial charge is 0.00900 e. The van der Waals surface area contributed by atoms with Crippen molar-refractivity contribution in [2.75, 3.05) is 13.1 Å². The van der Waals surface area contributed by atoms with Crippen LogP contribution < -0.4 is 0 Å². The molecule has 0 aromatic heterocycles. The van der Waals surface area contributed by atoms with E-state index in [0.29, 0.717) is 0 Å². The molecule has 72 valence electrons. The maximum atomic E-state index is 2.70. The zero-order valence-electron chi connectivity index (χ0n) is 8.68. The molecule has 0 aromatic carbocycles. The lowest BCUT2D eigenvalue weighted by Crippen LogP contribution is -2.35. The Labute approximate surface area is 77.1 Å². The first-order valence-corrected chi connectivity index (χ1v) is 5.62. The molecule has 1 nitrogen and oxygen atoms in total. The topological polar surface area (TPSA) is 3.24 Å². The molecular weight excluding hydrogens is 146 g/mol. The summed E-state index contributed by atoms with van der Waals surface area (Å²) < 4.78 is 0. The van der Waals surface area contributed by atoms with Gasteiger partial charge < -0.3 is 4.90 Å². The molecule has 0 aliphatic carbocycles. The summed E-state index contributed by atoms with van der Waals surface area (Å²) in [7, 11) is 0. The quantitative estimate of drug-likeness (QED) is 0.627. The van der Waals surface area contributed by atoms with E-state index in [4.69, 9.17) is 0 Å². The van der Waals surface area contributed by atoms with Gasteiger partial charge in [-0.1, -0.05) is 26.7 Å². The highest BCUT2D eigenvalue weighted by atomic mass is 15.1. The van der Waals surface area contributed by atoms with Crippen molar-refractivity contribution >= 4 is 0 Å².